The van der Waals surface area contributed by atoms with E-state index < -0.39 is 18.0 Å². The van der Waals surface area contributed by atoms with E-state index in [0.717, 1.165) is 10.2 Å². The molecule has 118 valence electrons. The van der Waals surface area contributed by atoms with Gasteiger partial charge in [0.25, 0.3) is 5.91 Å². The van der Waals surface area contributed by atoms with Gasteiger partial charge in [0.15, 0.2) is 5.01 Å². The van der Waals surface area contributed by atoms with Gasteiger partial charge in [-0.1, -0.05) is 12.1 Å². The van der Waals surface area contributed by atoms with E-state index in [-0.39, 0.29) is 0 Å². The number of nitrogens with zero attached hydrogens (tertiary/aromatic N) is 1. The molecule has 3 aromatic rings. The molecule has 0 aliphatic carbocycles. The lowest BCUT2D eigenvalue weighted by Gasteiger charge is -1.93. The van der Waals surface area contributed by atoms with E-state index in [9.17, 15) is 14.4 Å². The minimum absolute atomic E-state index is 0.341. The zero-order valence-corrected chi connectivity index (χ0v) is 13.2. The molecule has 3 rings (SSSR count). The molecule has 0 spiro atoms. The number of fused-ring (bicyclic) bond motifs is 1. The molecular weight excluding hydrogens is 338 g/mol. The fourth-order valence-corrected chi connectivity index (χ4v) is 2.95. The lowest BCUT2D eigenvalue weighted by molar-refractivity contribution is 0.0638. The number of rotatable bonds is 2. The second-order valence-corrected chi connectivity index (χ2v) is 5.88. The Morgan fingerprint density at radius 2 is 1.83 bits per heavy atom. The smallest absolute Gasteiger partial charge is 0.373 e. The molecule has 2 amide bonds. The number of carbonyl (C=O) groups excluding carboxylic acids is 3. The molecule has 0 saturated heterocycles. The van der Waals surface area contributed by atoms with Crippen molar-refractivity contribution in [3.8, 4) is 0 Å². The van der Waals surface area contributed by atoms with Crippen LogP contribution >= 0.6 is 22.7 Å². The second-order valence-electron chi connectivity index (χ2n) is 4.07. The van der Waals surface area contributed by atoms with Crippen LogP contribution in [0.2, 0.25) is 0 Å². The number of amides is 2. The van der Waals surface area contributed by atoms with E-state index in [1.165, 1.54) is 22.7 Å². The lowest BCUT2D eigenvalue weighted by atomic mass is 10.3. The Balaban J connectivity index is 0.000000168. The van der Waals surface area contributed by atoms with E-state index >= 15 is 0 Å². The zero-order valence-electron chi connectivity index (χ0n) is 11.6. The van der Waals surface area contributed by atoms with Crippen molar-refractivity contribution in [3.63, 3.8) is 0 Å². The van der Waals surface area contributed by atoms with Crippen LogP contribution in [0.4, 0.5) is 4.79 Å². The van der Waals surface area contributed by atoms with Crippen molar-refractivity contribution < 1.29 is 19.1 Å². The Bertz CT molecular complexity index is 810. The summed E-state index contributed by atoms with van der Waals surface area (Å²) in [6.07, 6.45) is -1.08. The van der Waals surface area contributed by atoms with Crippen molar-refractivity contribution >= 4 is 50.9 Å². The number of hydrogen-bond acceptors (Lipinski definition) is 7. The molecule has 2 aromatic heterocycles. The Kier molecular flexibility index (Phi) is 5.39. The van der Waals surface area contributed by atoms with Crippen molar-refractivity contribution in [2.24, 2.45) is 11.5 Å². The number of nitrogens with two attached hydrogens (primary N) is 2. The van der Waals surface area contributed by atoms with Gasteiger partial charge in [-0.3, -0.25) is 4.79 Å². The van der Waals surface area contributed by atoms with Crippen molar-refractivity contribution in [1.82, 2.24) is 4.98 Å². The normalized spacial score (nSPS) is 9.74. The maximum Gasteiger partial charge on any atom is 0.412 e. The van der Waals surface area contributed by atoms with Crippen molar-refractivity contribution in [2.45, 2.75) is 0 Å². The van der Waals surface area contributed by atoms with Gasteiger partial charge in [0.05, 0.1) is 15.8 Å². The van der Waals surface area contributed by atoms with Crippen LogP contribution < -0.4 is 11.5 Å². The van der Waals surface area contributed by atoms with Gasteiger partial charge in [0.1, 0.15) is 0 Å². The molecule has 2 heterocycles. The van der Waals surface area contributed by atoms with Crippen LogP contribution in [-0.2, 0) is 4.74 Å². The van der Waals surface area contributed by atoms with Gasteiger partial charge >= 0.3 is 12.1 Å². The number of ether oxygens (including phenoxy) is 1. The van der Waals surface area contributed by atoms with Gasteiger partial charge in [0, 0.05) is 5.38 Å². The first-order valence-electron chi connectivity index (χ1n) is 6.16. The van der Waals surface area contributed by atoms with Crippen molar-refractivity contribution in [1.29, 1.82) is 0 Å². The summed E-state index contributed by atoms with van der Waals surface area (Å²) in [6.45, 7) is 0. The van der Waals surface area contributed by atoms with Crippen LogP contribution in [0.1, 0.15) is 20.2 Å². The summed E-state index contributed by atoms with van der Waals surface area (Å²) < 4.78 is 5.09. The third-order valence-electron chi connectivity index (χ3n) is 2.45. The Labute approximate surface area is 138 Å². The van der Waals surface area contributed by atoms with Crippen LogP contribution in [0, 0.1) is 0 Å². The van der Waals surface area contributed by atoms with Gasteiger partial charge in [-0.05, 0) is 23.6 Å². The quantitative estimate of drug-likeness (QED) is 0.542. The average molecular weight is 349 g/mol. The highest BCUT2D eigenvalue weighted by atomic mass is 32.1. The van der Waals surface area contributed by atoms with Crippen LogP contribution in [0.5, 0.6) is 0 Å². The number of thiazole rings is 1. The number of aromatic nitrogens is 1. The zero-order chi connectivity index (χ0) is 16.8. The van der Waals surface area contributed by atoms with Crippen LogP contribution in [0.25, 0.3) is 10.2 Å². The molecule has 0 aliphatic rings. The first kappa shape index (κ1) is 16.6. The molecule has 0 aliphatic heterocycles. The molecule has 1 aromatic carbocycles. The molecular formula is C14H11N3O4S2. The van der Waals surface area contributed by atoms with Crippen LogP contribution in [0.3, 0.4) is 0 Å². The van der Waals surface area contributed by atoms with E-state index in [1.807, 2.05) is 24.3 Å². The largest absolute Gasteiger partial charge is 0.412 e. The van der Waals surface area contributed by atoms with Crippen LogP contribution in [0.15, 0.2) is 41.1 Å². The SMILES string of the molecule is NC(=O)OC(=O)c1ccsc1.NC(=O)c1nc2ccccc2s1. The number of esters is 1. The molecule has 7 nitrogen and oxygen atoms in total. The number of primary amides is 2. The van der Waals surface area contributed by atoms with E-state index in [1.54, 1.807) is 16.8 Å². The molecule has 9 heteroatoms. The maximum atomic E-state index is 10.8. The third kappa shape index (κ3) is 4.59. The molecule has 0 unspecified atom stereocenters. The van der Waals surface area contributed by atoms with Gasteiger partial charge in [-0.15, -0.1) is 11.3 Å². The Morgan fingerprint density at radius 3 is 2.39 bits per heavy atom. The summed E-state index contributed by atoms with van der Waals surface area (Å²) in [5.74, 6) is -1.17. The first-order valence-corrected chi connectivity index (χ1v) is 7.92. The van der Waals surface area contributed by atoms with Gasteiger partial charge in [-0.25, -0.2) is 14.6 Å². The molecule has 0 fully saturated rings. The van der Waals surface area contributed by atoms with E-state index in [2.05, 4.69) is 15.5 Å². The molecule has 0 atom stereocenters. The monoisotopic (exact) mass is 349 g/mol. The maximum absolute atomic E-state index is 10.8. The number of benzene rings is 1. The number of hydrogen-bond donors (Lipinski definition) is 2. The minimum Gasteiger partial charge on any atom is -0.373 e. The topological polar surface area (TPSA) is 125 Å². The first-order chi connectivity index (χ1) is 11.0. The van der Waals surface area contributed by atoms with E-state index in [4.69, 9.17) is 5.73 Å². The fraction of sp³-hybridized carbons (Fsp3) is 0. The third-order valence-corrected chi connectivity index (χ3v) is 4.19. The molecule has 0 saturated carbocycles. The Morgan fingerprint density at radius 1 is 1.09 bits per heavy atom. The summed E-state index contributed by atoms with van der Waals surface area (Å²) in [6, 6.07) is 9.12. The summed E-state index contributed by atoms with van der Waals surface area (Å²) in [7, 11) is 0. The highest BCUT2D eigenvalue weighted by Gasteiger charge is 2.09. The summed E-state index contributed by atoms with van der Waals surface area (Å²) in [4.78, 5) is 35.7. The predicted molar refractivity (Wildman–Crippen MR) is 87.5 cm³/mol. The number of carbonyl (C=O) groups is 3. The fourth-order valence-electron chi connectivity index (χ4n) is 1.51. The highest BCUT2D eigenvalue weighted by Crippen LogP contribution is 2.20. The Hall–Kier alpha value is -2.78. The molecule has 0 bridgehead atoms. The standard InChI is InChI=1S/C8H6N2OS.C6H5NO3S/c9-7(11)8-10-5-3-1-2-4-6(5)12-8;7-6(9)10-5(8)4-1-2-11-3-4/h1-4H,(H2,9,11);1-3H,(H2,7,9). The van der Waals surface area contributed by atoms with Gasteiger partial charge in [-0.2, -0.15) is 11.3 Å². The van der Waals surface area contributed by atoms with Crippen molar-refractivity contribution in [3.05, 3.63) is 51.7 Å². The predicted octanol–water partition coefficient (Wildman–Crippen LogP) is 2.38. The van der Waals surface area contributed by atoms with Gasteiger partial charge in [0.2, 0.25) is 0 Å². The summed E-state index contributed by atoms with van der Waals surface area (Å²) >= 11 is 2.66. The molecule has 23 heavy (non-hydrogen) atoms. The number of para-hydroxylation sites is 1. The minimum atomic E-state index is -1.08. The average Bonchev–Trinajstić information content (AvgIpc) is 3.16. The van der Waals surface area contributed by atoms with Crippen molar-refractivity contribution in [2.75, 3.05) is 0 Å². The molecule has 4 N–H and O–H groups in total. The van der Waals surface area contributed by atoms with Gasteiger partial charge < -0.3 is 16.2 Å². The highest BCUT2D eigenvalue weighted by molar-refractivity contribution is 7.20. The number of thiophene rings is 1. The lowest BCUT2D eigenvalue weighted by Crippen LogP contribution is -2.17. The summed E-state index contributed by atoms with van der Waals surface area (Å²) in [5.41, 5.74) is 10.9. The second kappa shape index (κ2) is 7.47. The summed E-state index contributed by atoms with van der Waals surface area (Å²) in [5, 5.41) is 3.65. The molecule has 0 radical (unpaired) electrons. The van der Waals surface area contributed by atoms with E-state index in [0.29, 0.717) is 10.6 Å². The van der Waals surface area contributed by atoms with Crippen LogP contribution in [-0.4, -0.2) is 23.0 Å².